The number of piperidine rings is 1. The molecule has 0 bridgehead atoms. The van der Waals surface area contributed by atoms with Crippen LogP contribution in [0.5, 0.6) is 5.75 Å². The second kappa shape index (κ2) is 8.69. The lowest BCUT2D eigenvalue weighted by atomic mass is 9.96. The summed E-state index contributed by atoms with van der Waals surface area (Å²) in [6.07, 6.45) is 1.93. The first-order valence-corrected chi connectivity index (χ1v) is 9.81. The number of benzene rings is 2. The third-order valence-corrected chi connectivity index (χ3v) is 5.42. The molecule has 0 radical (unpaired) electrons. The Labute approximate surface area is 163 Å². The van der Waals surface area contributed by atoms with Gasteiger partial charge in [-0.25, -0.2) is 0 Å². The van der Waals surface area contributed by atoms with Gasteiger partial charge in [0.2, 0.25) is 5.91 Å². The number of aromatic hydroxyl groups is 1. The van der Waals surface area contributed by atoms with Gasteiger partial charge in [0.05, 0.1) is 5.92 Å². The summed E-state index contributed by atoms with van der Waals surface area (Å²) in [5, 5.41) is 10.1. The molecule has 1 heterocycles. The van der Waals surface area contributed by atoms with Crippen molar-refractivity contribution < 1.29 is 9.90 Å². The van der Waals surface area contributed by atoms with E-state index in [2.05, 4.69) is 20.8 Å². The number of hydrogen-bond acceptors (Lipinski definition) is 3. The quantitative estimate of drug-likeness (QED) is 0.799. The van der Waals surface area contributed by atoms with Crippen molar-refractivity contribution in [3.63, 3.8) is 0 Å². The molecular weight excluding hydrogens is 392 g/mol. The molecule has 1 aliphatic heterocycles. The normalized spacial score (nSPS) is 17.8. The molecule has 0 spiro atoms. The van der Waals surface area contributed by atoms with Gasteiger partial charge in [0.25, 0.3) is 0 Å². The zero-order chi connectivity index (χ0) is 18.5. The molecule has 26 heavy (non-hydrogen) atoms. The first-order valence-electron chi connectivity index (χ1n) is 9.01. The van der Waals surface area contributed by atoms with E-state index in [1.54, 1.807) is 6.07 Å². The minimum atomic E-state index is 0.0201. The van der Waals surface area contributed by atoms with E-state index in [0.29, 0.717) is 18.8 Å². The van der Waals surface area contributed by atoms with Gasteiger partial charge in [-0.3, -0.25) is 9.69 Å². The van der Waals surface area contributed by atoms with Crippen LogP contribution in [0.25, 0.3) is 0 Å². The molecule has 4 nitrogen and oxygen atoms in total. The van der Waals surface area contributed by atoms with Crippen molar-refractivity contribution in [3.8, 4) is 5.75 Å². The van der Waals surface area contributed by atoms with Gasteiger partial charge in [-0.1, -0.05) is 46.3 Å². The Kier molecular flexibility index (Phi) is 6.33. The molecule has 138 valence electrons. The second-order valence-corrected chi connectivity index (χ2v) is 7.94. The van der Waals surface area contributed by atoms with Crippen LogP contribution in [0.15, 0.2) is 53.0 Å². The second-order valence-electron chi connectivity index (χ2n) is 7.03. The lowest BCUT2D eigenvalue weighted by molar-refractivity contribution is -0.136. The zero-order valence-electron chi connectivity index (χ0n) is 15.1. The standard InChI is InChI=1S/C21H25BrN2O2/c1-23(13-16-6-3-2-4-7-16)21(26)17-8-5-11-24(14-17)15-18-12-19(22)9-10-20(18)25/h2-4,6-7,9-10,12,17,25H,5,8,11,13-15H2,1H3. The van der Waals surface area contributed by atoms with Crippen molar-refractivity contribution in [1.29, 1.82) is 0 Å². The summed E-state index contributed by atoms with van der Waals surface area (Å²) in [4.78, 5) is 17.0. The Morgan fingerprint density at radius 2 is 2.04 bits per heavy atom. The molecule has 1 atom stereocenters. The summed E-state index contributed by atoms with van der Waals surface area (Å²) in [6, 6.07) is 15.6. The highest BCUT2D eigenvalue weighted by molar-refractivity contribution is 9.10. The Balaban J connectivity index is 1.60. The number of carbonyl (C=O) groups excluding carboxylic acids is 1. The van der Waals surface area contributed by atoms with Gasteiger partial charge in [0.15, 0.2) is 0 Å². The van der Waals surface area contributed by atoms with Crippen LogP contribution in [0, 0.1) is 5.92 Å². The number of phenolic OH excluding ortho intramolecular Hbond substituents is 1. The van der Waals surface area contributed by atoms with Gasteiger partial charge in [0, 0.05) is 36.7 Å². The SMILES string of the molecule is CN(Cc1ccccc1)C(=O)C1CCCN(Cc2cc(Br)ccc2O)C1. The van der Waals surface area contributed by atoms with Crippen molar-refractivity contribution in [1.82, 2.24) is 9.80 Å². The molecule has 1 fully saturated rings. The largest absolute Gasteiger partial charge is 0.508 e. The number of carbonyl (C=O) groups is 1. The molecule has 1 saturated heterocycles. The first-order chi connectivity index (χ1) is 12.5. The predicted molar refractivity (Wildman–Crippen MR) is 107 cm³/mol. The highest BCUT2D eigenvalue weighted by Gasteiger charge is 2.28. The van der Waals surface area contributed by atoms with E-state index < -0.39 is 0 Å². The molecule has 5 heteroatoms. The molecule has 0 aliphatic carbocycles. The van der Waals surface area contributed by atoms with E-state index in [1.807, 2.05) is 54.4 Å². The molecule has 1 aliphatic rings. The van der Waals surface area contributed by atoms with Gasteiger partial charge < -0.3 is 10.0 Å². The third kappa shape index (κ3) is 4.86. The van der Waals surface area contributed by atoms with E-state index >= 15 is 0 Å². The van der Waals surface area contributed by atoms with Crippen molar-refractivity contribution >= 4 is 21.8 Å². The lowest BCUT2D eigenvalue weighted by Crippen LogP contribution is -2.43. The van der Waals surface area contributed by atoms with Crippen molar-refractivity contribution in [3.05, 3.63) is 64.1 Å². The topological polar surface area (TPSA) is 43.8 Å². The van der Waals surface area contributed by atoms with Crippen LogP contribution in [0.3, 0.4) is 0 Å². The molecule has 2 aromatic carbocycles. The van der Waals surface area contributed by atoms with Crippen molar-refractivity contribution in [2.24, 2.45) is 5.92 Å². The molecule has 1 amide bonds. The minimum Gasteiger partial charge on any atom is -0.508 e. The van der Waals surface area contributed by atoms with E-state index in [4.69, 9.17) is 0 Å². The number of likely N-dealkylation sites (tertiary alicyclic amines) is 1. The van der Waals surface area contributed by atoms with E-state index in [9.17, 15) is 9.90 Å². The molecule has 1 unspecified atom stereocenters. The van der Waals surface area contributed by atoms with Crippen LogP contribution in [-0.4, -0.2) is 41.0 Å². The summed E-state index contributed by atoms with van der Waals surface area (Å²) >= 11 is 3.46. The average Bonchev–Trinajstić information content (AvgIpc) is 2.65. The Morgan fingerprint density at radius 3 is 2.81 bits per heavy atom. The molecular formula is C21H25BrN2O2. The number of amides is 1. The maximum atomic E-state index is 12.9. The lowest BCUT2D eigenvalue weighted by Gasteiger charge is -2.34. The third-order valence-electron chi connectivity index (χ3n) is 4.93. The van der Waals surface area contributed by atoms with E-state index in [-0.39, 0.29) is 11.8 Å². The highest BCUT2D eigenvalue weighted by Crippen LogP contribution is 2.26. The van der Waals surface area contributed by atoms with Crippen molar-refractivity contribution in [2.75, 3.05) is 20.1 Å². The average molecular weight is 417 g/mol. The zero-order valence-corrected chi connectivity index (χ0v) is 16.7. The predicted octanol–water partition coefficient (Wildman–Crippen LogP) is 4.03. The monoisotopic (exact) mass is 416 g/mol. The van der Waals surface area contributed by atoms with Gasteiger partial charge in [-0.2, -0.15) is 0 Å². The van der Waals surface area contributed by atoms with Gasteiger partial charge >= 0.3 is 0 Å². The summed E-state index contributed by atoms with van der Waals surface area (Å²) in [5.41, 5.74) is 2.04. The maximum Gasteiger partial charge on any atom is 0.227 e. The minimum absolute atomic E-state index is 0.0201. The number of halogens is 1. The smallest absolute Gasteiger partial charge is 0.227 e. The molecule has 0 saturated carbocycles. The van der Waals surface area contributed by atoms with E-state index in [0.717, 1.165) is 41.5 Å². The Hall–Kier alpha value is -1.85. The summed E-state index contributed by atoms with van der Waals surface area (Å²) in [6.45, 7) is 3.00. The fourth-order valence-electron chi connectivity index (χ4n) is 3.57. The fraction of sp³-hybridized carbons (Fsp3) is 0.381. The number of phenols is 1. The van der Waals surface area contributed by atoms with Crippen LogP contribution < -0.4 is 0 Å². The van der Waals surface area contributed by atoms with E-state index in [1.165, 1.54) is 0 Å². The Bertz CT molecular complexity index is 751. The molecule has 1 N–H and O–H groups in total. The van der Waals surface area contributed by atoms with Gasteiger partial charge in [0.1, 0.15) is 5.75 Å². The van der Waals surface area contributed by atoms with Crippen molar-refractivity contribution in [2.45, 2.75) is 25.9 Å². The highest BCUT2D eigenvalue weighted by atomic mass is 79.9. The van der Waals surface area contributed by atoms with Crippen LogP contribution in [0.1, 0.15) is 24.0 Å². The van der Waals surface area contributed by atoms with Crippen LogP contribution >= 0.6 is 15.9 Å². The molecule has 2 aromatic rings. The Morgan fingerprint density at radius 1 is 1.27 bits per heavy atom. The maximum absolute atomic E-state index is 12.9. The van der Waals surface area contributed by atoms with Crippen LogP contribution in [0.2, 0.25) is 0 Å². The van der Waals surface area contributed by atoms with Gasteiger partial charge in [-0.15, -0.1) is 0 Å². The fourth-order valence-corrected chi connectivity index (χ4v) is 3.98. The molecule has 0 aromatic heterocycles. The summed E-state index contributed by atoms with van der Waals surface area (Å²) in [7, 11) is 1.88. The first kappa shape index (κ1) is 18.9. The summed E-state index contributed by atoms with van der Waals surface area (Å²) in [5.74, 6) is 0.534. The summed E-state index contributed by atoms with van der Waals surface area (Å²) < 4.78 is 0.956. The van der Waals surface area contributed by atoms with Crippen LogP contribution in [-0.2, 0) is 17.9 Å². The number of nitrogens with zero attached hydrogens (tertiary/aromatic N) is 2. The molecule has 3 rings (SSSR count). The number of hydrogen-bond donors (Lipinski definition) is 1. The van der Waals surface area contributed by atoms with Gasteiger partial charge in [-0.05, 0) is 43.1 Å². The van der Waals surface area contributed by atoms with Crippen LogP contribution in [0.4, 0.5) is 0 Å². The number of rotatable bonds is 5.